The number of nitrogens with one attached hydrogen (secondary N) is 2. The van der Waals surface area contributed by atoms with Gasteiger partial charge in [0.15, 0.2) is 0 Å². The first-order valence-electron chi connectivity index (χ1n) is 6.54. The third-order valence-corrected chi connectivity index (χ3v) is 4.48. The molecule has 0 bridgehead atoms. The van der Waals surface area contributed by atoms with Crippen LogP contribution < -0.4 is 15.4 Å². The average Bonchev–Trinajstić information content (AvgIpc) is 2.47. The van der Waals surface area contributed by atoms with E-state index in [4.69, 9.17) is 4.74 Å². The van der Waals surface area contributed by atoms with E-state index in [1.54, 1.807) is 18.9 Å². The zero-order chi connectivity index (χ0) is 13.5. The maximum atomic E-state index is 11.8. The lowest BCUT2D eigenvalue weighted by Crippen LogP contribution is -2.30. The average molecular weight is 280 g/mol. The zero-order valence-corrected chi connectivity index (χ0v) is 12.0. The Labute approximate surface area is 118 Å². The molecule has 0 atom stereocenters. The molecule has 1 aromatic rings. The van der Waals surface area contributed by atoms with Crippen LogP contribution in [0.25, 0.3) is 0 Å². The SMILES string of the molecule is COc1ccc(NC(=O)CSC2CCNCC2)cc1. The second kappa shape index (κ2) is 7.40. The highest BCUT2D eigenvalue weighted by Gasteiger charge is 2.14. The molecule has 0 aliphatic carbocycles. The predicted molar refractivity (Wildman–Crippen MR) is 80.0 cm³/mol. The number of carbonyl (C=O) groups is 1. The Morgan fingerprint density at radius 2 is 2.05 bits per heavy atom. The summed E-state index contributed by atoms with van der Waals surface area (Å²) in [6, 6.07) is 7.39. The standard InChI is InChI=1S/C14H20N2O2S/c1-18-12-4-2-11(3-5-12)16-14(17)10-19-13-6-8-15-9-7-13/h2-5,13,15H,6-10H2,1H3,(H,16,17). The molecule has 0 aromatic heterocycles. The molecule has 104 valence electrons. The fourth-order valence-electron chi connectivity index (χ4n) is 2.03. The highest BCUT2D eigenvalue weighted by molar-refractivity contribution is 8.00. The monoisotopic (exact) mass is 280 g/mol. The van der Waals surface area contributed by atoms with Crippen LogP contribution in [-0.4, -0.2) is 37.1 Å². The van der Waals surface area contributed by atoms with Gasteiger partial charge in [0, 0.05) is 10.9 Å². The molecule has 1 aliphatic heterocycles. The summed E-state index contributed by atoms with van der Waals surface area (Å²) in [6.45, 7) is 2.13. The Kier molecular flexibility index (Phi) is 5.54. The van der Waals surface area contributed by atoms with E-state index < -0.39 is 0 Å². The Morgan fingerprint density at radius 3 is 2.68 bits per heavy atom. The van der Waals surface area contributed by atoms with Crippen LogP contribution in [0.15, 0.2) is 24.3 Å². The van der Waals surface area contributed by atoms with Crippen molar-refractivity contribution in [2.45, 2.75) is 18.1 Å². The predicted octanol–water partition coefficient (Wildman–Crippen LogP) is 2.12. The molecule has 1 saturated heterocycles. The van der Waals surface area contributed by atoms with Crippen molar-refractivity contribution in [3.8, 4) is 5.75 Å². The van der Waals surface area contributed by atoms with E-state index in [9.17, 15) is 4.79 Å². The summed E-state index contributed by atoms with van der Waals surface area (Å²) in [7, 11) is 1.63. The van der Waals surface area contributed by atoms with Crippen molar-refractivity contribution in [1.82, 2.24) is 5.32 Å². The quantitative estimate of drug-likeness (QED) is 0.867. The molecule has 0 radical (unpaired) electrons. The van der Waals surface area contributed by atoms with Crippen molar-refractivity contribution in [1.29, 1.82) is 0 Å². The third-order valence-electron chi connectivity index (χ3n) is 3.11. The van der Waals surface area contributed by atoms with Crippen molar-refractivity contribution < 1.29 is 9.53 Å². The van der Waals surface area contributed by atoms with Crippen LogP contribution in [0.1, 0.15) is 12.8 Å². The number of anilines is 1. The maximum Gasteiger partial charge on any atom is 0.234 e. The molecule has 2 rings (SSSR count). The van der Waals surface area contributed by atoms with E-state index in [0.29, 0.717) is 11.0 Å². The fraction of sp³-hybridized carbons (Fsp3) is 0.500. The Balaban J connectivity index is 1.73. The maximum absolute atomic E-state index is 11.8. The van der Waals surface area contributed by atoms with Crippen molar-refractivity contribution in [2.75, 3.05) is 31.3 Å². The third kappa shape index (κ3) is 4.76. The van der Waals surface area contributed by atoms with Gasteiger partial charge in [-0.25, -0.2) is 0 Å². The number of thioether (sulfide) groups is 1. The Morgan fingerprint density at radius 1 is 1.37 bits per heavy atom. The van der Waals surface area contributed by atoms with Gasteiger partial charge < -0.3 is 15.4 Å². The molecule has 1 heterocycles. The van der Waals surface area contributed by atoms with Crippen molar-refractivity contribution in [3.05, 3.63) is 24.3 Å². The Bertz CT molecular complexity index is 402. The van der Waals surface area contributed by atoms with Gasteiger partial charge in [0.25, 0.3) is 0 Å². The number of carbonyl (C=O) groups excluding carboxylic acids is 1. The largest absolute Gasteiger partial charge is 0.497 e. The number of amides is 1. The van der Waals surface area contributed by atoms with E-state index in [-0.39, 0.29) is 5.91 Å². The van der Waals surface area contributed by atoms with Crippen molar-refractivity contribution in [3.63, 3.8) is 0 Å². The van der Waals surface area contributed by atoms with E-state index in [2.05, 4.69) is 10.6 Å². The molecule has 4 nitrogen and oxygen atoms in total. The van der Waals surface area contributed by atoms with Gasteiger partial charge in [0.1, 0.15) is 5.75 Å². The van der Waals surface area contributed by atoms with E-state index >= 15 is 0 Å². The van der Waals surface area contributed by atoms with E-state index in [1.165, 1.54) is 0 Å². The summed E-state index contributed by atoms with van der Waals surface area (Å²) in [6.07, 6.45) is 2.31. The topological polar surface area (TPSA) is 50.4 Å². The van der Waals surface area contributed by atoms with Crippen LogP contribution in [0.5, 0.6) is 5.75 Å². The lowest BCUT2D eigenvalue weighted by Gasteiger charge is -2.21. The second-order valence-corrected chi connectivity index (χ2v) is 5.83. The summed E-state index contributed by atoms with van der Waals surface area (Å²) in [5.41, 5.74) is 0.816. The Hall–Kier alpha value is -1.20. The van der Waals surface area contributed by atoms with Gasteiger partial charge in [-0.15, -0.1) is 11.8 Å². The van der Waals surface area contributed by atoms with Crippen LogP contribution in [0.2, 0.25) is 0 Å². The highest BCUT2D eigenvalue weighted by Crippen LogP contribution is 2.20. The lowest BCUT2D eigenvalue weighted by molar-refractivity contribution is -0.113. The molecule has 1 fully saturated rings. The molecular weight excluding hydrogens is 260 g/mol. The molecule has 19 heavy (non-hydrogen) atoms. The minimum Gasteiger partial charge on any atom is -0.497 e. The fourth-order valence-corrected chi connectivity index (χ4v) is 3.06. The van der Waals surface area contributed by atoms with Gasteiger partial charge in [-0.1, -0.05) is 0 Å². The van der Waals surface area contributed by atoms with Crippen molar-refractivity contribution in [2.24, 2.45) is 0 Å². The van der Waals surface area contributed by atoms with Crippen LogP contribution in [0.4, 0.5) is 5.69 Å². The number of methoxy groups -OCH3 is 1. The summed E-state index contributed by atoms with van der Waals surface area (Å²) >= 11 is 1.76. The van der Waals surface area contributed by atoms with Gasteiger partial charge >= 0.3 is 0 Å². The number of hydrogen-bond acceptors (Lipinski definition) is 4. The van der Waals surface area contributed by atoms with Gasteiger partial charge in [0.2, 0.25) is 5.91 Å². The van der Waals surface area contributed by atoms with Gasteiger partial charge in [-0.05, 0) is 50.2 Å². The van der Waals surface area contributed by atoms with Gasteiger partial charge in [0.05, 0.1) is 12.9 Å². The first-order chi connectivity index (χ1) is 9.28. The summed E-state index contributed by atoms with van der Waals surface area (Å²) < 4.78 is 5.08. The molecule has 1 aliphatic rings. The molecular formula is C14H20N2O2S. The molecule has 0 spiro atoms. The molecule has 5 heteroatoms. The minimum atomic E-state index is 0.0636. The second-order valence-electron chi connectivity index (χ2n) is 4.54. The van der Waals surface area contributed by atoms with Crippen molar-refractivity contribution >= 4 is 23.4 Å². The summed E-state index contributed by atoms with van der Waals surface area (Å²) in [5.74, 6) is 1.38. The molecule has 0 unspecified atom stereocenters. The van der Waals surface area contributed by atoms with E-state index in [0.717, 1.165) is 37.4 Å². The van der Waals surface area contributed by atoms with Gasteiger partial charge in [-0.2, -0.15) is 0 Å². The molecule has 1 aromatic carbocycles. The number of ether oxygens (including phenoxy) is 1. The smallest absolute Gasteiger partial charge is 0.234 e. The number of benzene rings is 1. The van der Waals surface area contributed by atoms with Crippen LogP contribution in [-0.2, 0) is 4.79 Å². The van der Waals surface area contributed by atoms with Crippen LogP contribution >= 0.6 is 11.8 Å². The number of hydrogen-bond donors (Lipinski definition) is 2. The van der Waals surface area contributed by atoms with Crippen LogP contribution in [0.3, 0.4) is 0 Å². The van der Waals surface area contributed by atoms with Gasteiger partial charge in [-0.3, -0.25) is 4.79 Å². The minimum absolute atomic E-state index is 0.0636. The first kappa shape index (κ1) is 14.2. The molecule has 1 amide bonds. The normalized spacial score (nSPS) is 16.1. The lowest BCUT2D eigenvalue weighted by atomic mass is 10.2. The summed E-state index contributed by atoms with van der Waals surface area (Å²) in [5, 5.41) is 6.84. The molecule has 2 N–H and O–H groups in total. The zero-order valence-electron chi connectivity index (χ0n) is 11.1. The number of piperidine rings is 1. The highest BCUT2D eigenvalue weighted by atomic mass is 32.2. The molecule has 0 saturated carbocycles. The number of rotatable bonds is 5. The van der Waals surface area contributed by atoms with E-state index in [1.807, 2.05) is 24.3 Å². The summed E-state index contributed by atoms with van der Waals surface area (Å²) in [4.78, 5) is 11.8. The first-order valence-corrected chi connectivity index (χ1v) is 7.59. The van der Waals surface area contributed by atoms with Crippen LogP contribution in [0, 0.1) is 0 Å².